The molecular weight excluding hydrogens is 446 g/mol. The van der Waals surface area contributed by atoms with Crippen molar-refractivity contribution in [3.63, 3.8) is 0 Å². The highest BCUT2D eigenvalue weighted by Gasteiger charge is 2.29. The van der Waals surface area contributed by atoms with Gasteiger partial charge in [0.15, 0.2) is 0 Å². The van der Waals surface area contributed by atoms with E-state index in [-0.39, 0.29) is 6.04 Å². The highest BCUT2D eigenvalue weighted by Crippen LogP contribution is 2.35. The highest BCUT2D eigenvalue weighted by molar-refractivity contribution is 5.74. The van der Waals surface area contributed by atoms with Gasteiger partial charge in [0.2, 0.25) is 0 Å². The van der Waals surface area contributed by atoms with Gasteiger partial charge in [-0.05, 0) is 72.6 Å². The summed E-state index contributed by atoms with van der Waals surface area (Å²) in [6.07, 6.45) is 7.93. The smallest absolute Gasteiger partial charge is 0.121 e. The first-order valence-electron chi connectivity index (χ1n) is 13.2. The number of para-hydroxylation sites is 2. The van der Waals surface area contributed by atoms with Gasteiger partial charge in [0, 0.05) is 32.4 Å². The summed E-state index contributed by atoms with van der Waals surface area (Å²) < 4.78 is 5.63. The summed E-state index contributed by atoms with van der Waals surface area (Å²) >= 11 is 0. The summed E-state index contributed by atoms with van der Waals surface area (Å²) in [4.78, 5) is 15.9. The molecule has 0 saturated heterocycles. The Bertz CT molecular complexity index is 1290. The summed E-state index contributed by atoms with van der Waals surface area (Å²) in [5, 5.41) is 3.64. The second-order valence-electron chi connectivity index (χ2n) is 10.3. The van der Waals surface area contributed by atoms with Crippen LogP contribution in [0, 0.1) is 0 Å². The molecule has 2 aromatic heterocycles. The second kappa shape index (κ2) is 10.5. The number of hydrogen-bond donors (Lipinski definition) is 2. The molecule has 0 spiro atoms. The Balaban J connectivity index is 1.32. The van der Waals surface area contributed by atoms with E-state index in [4.69, 9.17) is 14.7 Å². The van der Waals surface area contributed by atoms with E-state index in [1.54, 1.807) is 7.11 Å². The van der Waals surface area contributed by atoms with Crippen LogP contribution in [0.15, 0.2) is 60.8 Å². The molecular formula is C30H35N5O. The van der Waals surface area contributed by atoms with Crippen LogP contribution in [0.1, 0.15) is 65.5 Å². The van der Waals surface area contributed by atoms with E-state index in [1.807, 2.05) is 12.3 Å². The Morgan fingerprint density at radius 2 is 1.94 bits per heavy atom. The van der Waals surface area contributed by atoms with Crippen LogP contribution in [0.3, 0.4) is 0 Å². The number of ether oxygens (including phenoxy) is 1. The highest BCUT2D eigenvalue weighted by atomic mass is 16.5. The molecule has 2 aliphatic rings. The van der Waals surface area contributed by atoms with Gasteiger partial charge in [-0.1, -0.05) is 36.4 Å². The minimum Gasteiger partial charge on any atom is -0.380 e. The molecule has 0 radical (unpaired) electrons. The summed E-state index contributed by atoms with van der Waals surface area (Å²) in [5.74, 6) is 0.998. The standard InChI is InChI=1S/C30H35N5O/c1-36-20-24-16-21(17-32-25-13-14-25)11-12-23(24)18-35(19-29-33-26-8-2-3-9-27(26)34-29)28-10-4-6-22-7-5-15-31-30(22)28/h2-3,5,7-9,11-12,15-16,25,28,32H,4,6,10,13-14,17-20H2,1H3,(H,33,34). The lowest BCUT2D eigenvalue weighted by atomic mass is 9.90. The topological polar surface area (TPSA) is 66.1 Å². The molecule has 186 valence electrons. The predicted octanol–water partition coefficient (Wildman–Crippen LogP) is 5.44. The van der Waals surface area contributed by atoms with Crippen molar-refractivity contribution in [3.05, 3.63) is 94.6 Å². The molecule has 36 heavy (non-hydrogen) atoms. The molecule has 2 heterocycles. The number of aromatic amines is 1. The normalized spacial score (nSPS) is 17.6. The number of aromatic nitrogens is 3. The van der Waals surface area contributed by atoms with Gasteiger partial charge in [-0.2, -0.15) is 0 Å². The van der Waals surface area contributed by atoms with Gasteiger partial charge in [-0.25, -0.2) is 4.98 Å². The summed E-state index contributed by atoms with van der Waals surface area (Å²) in [5.41, 5.74) is 8.60. The number of benzene rings is 2. The lowest BCUT2D eigenvalue weighted by Gasteiger charge is -2.35. The number of hydrogen-bond acceptors (Lipinski definition) is 5. The van der Waals surface area contributed by atoms with E-state index < -0.39 is 0 Å². The third-order valence-electron chi connectivity index (χ3n) is 7.51. The van der Waals surface area contributed by atoms with Crippen molar-refractivity contribution in [2.45, 2.75) is 70.4 Å². The number of methoxy groups -OCH3 is 1. The molecule has 6 nitrogen and oxygen atoms in total. The SMILES string of the molecule is COCc1cc(CNC2CC2)ccc1CN(Cc1nc2ccccc2[nH]1)C1CCCc2cccnc21. The minimum atomic E-state index is 0.259. The molecule has 0 amide bonds. The average molecular weight is 482 g/mol. The van der Waals surface area contributed by atoms with Crippen molar-refractivity contribution in [1.82, 2.24) is 25.2 Å². The van der Waals surface area contributed by atoms with Gasteiger partial charge in [-0.15, -0.1) is 0 Å². The zero-order valence-corrected chi connectivity index (χ0v) is 21.0. The zero-order chi connectivity index (χ0) is 24.3. The summed E-state index contributed by atoms with van der Waals surface area (Å²) in [7, 11) is 1.78. The van der Waals surface area contributed by atoms with Crippen LogP contribution in [-0.2, 0) is 37.4 Å². The van der Waals surface area contributed by atoms with Gasteiger partial charge in [-0.3, -0.25) is 9.88 Å². The molecule has 4 aromatic rings. The fourth-order valence-electron chi connectivity index (χ4n) is 5.49. The molecule has 2 aromatic carbocycles. The van der Waals surface area contributed by atoms with Crippen molar-refractivity contribution in [1.29, 1.82) is 0 Å². The Labute approximate surface area is 213 Å². The molecule has 6 rings (SSSR count). The van der Waals surface area contributed by atoms with Gasteiger partial charge in [0.25, 0.3) is 0 Å². The number of nitrogens with one attached hydrogen (secondary N) is 2. The van der Waals surface area contributed by atoms with Crippen molar-refractivity contribution in [2.24, 2.45) is 0 Å². The van der Waals surface area contributed by atoms with E-state index >= 15 is 0 Å². The number of imidazole rings is 1. The van der Waals surface area contributed by atoms with Crippen molar-refractivity contribution in [2.75, 3.05) is 7.11 Å². The molecule has 6 heteroatoms. The minimum absolute atomic E-state index is 0.259. The van der Waals surface area contributed by atoms with Crippen LogP contribution in [0.2, 0.25) is 0 Å². The molecule has 1 atom stereocenters. The first-order valence-corrected chi connectivity index (χ1v) is 13.2. The molecule has 2 aliphatic carbocycles. The number of fused-ring (bicyclic) bond motifs is 2. The van der Waals surface area contributed by atoms with E-state index in [9.17, 15) is 0 Å². The number of nitrogens with zero attached hydrogens (tertiary/aromatic N) is 3. The van der Waals surface area contributed by atoms with E-state index in [0.29, 0.717) is 12.6 Å². The molecule has 1 unspecified atom stereocenters. The van der Waals surface area contributed by atoms with E-state index in [1.165, 1.54) is 47.2 Å². The van der Waals surface area contributed by atoms with Crippen LogP contribution in [0.4, 0.5) is 0 Å². The fraction of sp³-hybridized carbons (Fsp3) is 0.400. The molecule has 2 N–H and O–H groups in total. The first kappa shape index (κ1) is 23.3. The first-order chi connectivity index (χ1) is 17.8. The lowest BCUT2D eigenvalue weighted by Crippen LogP contribution is -2.32. The average Bonchev–Trinajstić information content (AvgIpc) is 3.65. The quantitative estimate of drug-likeness (QED) is 0.316. The summed E-state index contributed by atoms with van der Waals surface area (Å²) in [6, 6.07) is 20.4. The zero-order valence-electron chi connectivity index (χ0n) is 21.0. The van der Waals surface area contributed by atoms with E-state index in [2.05, 4.69) is 63.7 Å². The maximum absolute atomic E-state index is 5.63. The van der Waals surface area contributed by atoms with Gasteiger partial charge < -0.3 is 15.0 Å². The molecule has 1 saturated carbocycles. The van der Waals surface area contributed by atoms with Crippen molar-refractivity contribution in [3.8, 4) is 0 Å². The van der Waals surface area contributed by atoms with Crippen LogP contribution < -0.4 is 5.32 Å². The largest absolute Gasteiger partial charge is 0.380 e. The third-order valence-corrected chi connectivity index (χ3v) is 7.51. The predicted molar refractivity (Wildman–Crippen MR) is 142 cm³/mol. The number of aryl methyl sites for hydroxylation is 1. The number of pyridine rings is 1. The number of rotatable bonds is 10. The Morgan fingerprint density at radius 1 is 1.03 bits per heavy atom. The molecule has 0 bridgehead atoms. The van der Waals surface area contributed by atoms with E-state index in [0.717, 1.165) is 49.3 Å². The van der Waals surface area contributed by atoms with Gasteiger partial charge in [0.1, 0.15) is 5.82 Å². The van der Waals surface area contributed by atoms with Crippen LogP contribution in [0.5, 0.6) is 0 Å². The Kier molecular flexibility index (Phi) is 6.81. The second-order valence-corrected chi connectivity index (χ2v) is 10.3. The van der Waals surface area contributed by atoms with Crippen molar-refractivity contribution >= 4 is 11.0 Å². The maximum atomic E-state index is 5.63. The van der Waals surface area contributed by atoms with Crippen LogP contribution >= 0.6 is 0 Å². The van der Waals surface area contributed by atoms with Crippen LogP contribution in [0.25, 0.3) is 11.0 Å². The Hall–Kier alpha value is -3.06. The number of H-pyrrole nitrogens is 1. The molecule has 0 aliphatic heterocycles. The fourth-order valence-corrected chi connectivity index (χ4v) is 5.49. The van der Waals surface area contributed by atoms with Gasteiger partial charge >= 0.3 is 0 Å². The molecule has 1 fully saturated rings. The maximum Gasteiger partial charge on any atom is 0.121 e. The Morgan fingerprint density at radius 3 is 2.81 bits per heavy atom. The third kappa shape index (κ3) is 5.21. The lowest BCUT2D eigenvalue weighted by molar-refractivity contribution is 0.149. The summed E-state index contributed by atoms with van der Waals surface area (Å²) in [6.45, 7) is 3.11. The van der Waals surface area contributed by atoms with Gasteiger partial charge in [0.05, 0.1) is 35.9 Å². The van der Waals surface area contributed by atoms with Crippen LogP contribution in [-0.4, -0.2) is 33.0 Å². The monoisotopic (exact) mass is 481 g/mol. The van der Waals surface area contributed by atoms with Crippen molar-refractivity contribution < 1.29 is 4.74 Å².